The number of fused-ring (bicyclic) bond motifs is 3. The maximum atomic E-state index is 2.42. The summed E-state index contributed by atoms with van der Waals surface area (Å²) in [5.41, 5.74) is 4.35. The summed E-state index contributed by atoms with van der Waals surface area (Å²) in [5.74, 6) is 2.87. The van der Waals surface area contributed by atoms with Gasteiger partial charge in [0.1, 0.15) is 0 Å². The van der Waals surface area contributed by atoms with Gasteiger partial charge in [0, 0.05) is 31.9 Å². The van der Waals surface area contributed by atoms with E-state index < -0.39 is 16.7 Å². The molecule has 3 aliphatic rings. The summed E-state index contributed by atoms with van der Waals surface area (Å²) in [7, 11) is -2.09. The molecule has 0 fully saturated rings. The lowest BCUT2D eigenvalue weighted by Gasteiger charge is -2.29. The van der Waals surface area contributed by atoms with E-state index in [1.165, 1.54) is 62.9 Å². The molecule has 0 amide bonds. The Kier molecular flexibility index (Phi) is 8.28. The Morgan fingerprint density at radius 3 is 1.02 bits per heavy atom. The van der Waals surface area contributed by atoms with Crippen LogP contribution in [-0.2, 0) is 17.3 Å². The molecule has 0 aliphatic carbocycles. The van der Waals surface area contributed by atoms with Gasteiger partial charge in [-0.15, -0.1) is 35.3 Å². The third kappa shape index (κ3) is 5.42. The minimum Gasteiger partial charge on any atom is -0.121 e. The third-order valence-electron chi connectivity index (χ3n) is 8.32. The van der Waals surface area contributed by atoms with E-state index in [0.717, 1.165) is 17.3 Å². The molecule has 9 rings (SSSR count). The van der Waals surface area contributed by atoms with Crippen LogP contribution in [0.1, 0.15) is 16.7 Å². The van der Waals surface area contributed by atoms with Crippen LogP contribution < -0.4 is 31.5 Å². The van der Waals surface area contributed by atoms with Crippen LogP contribution >= 0.6 is 43.2 Å². The number of hydrogen-bond acceptors (Lipinski definition) is 3. The molecule has 0 atom stereocenters. The molecule has 1 radical (unpaired) electrons. The molecule has 213 valence electrons. The van der Waals surface area contributed by atoms with E-state index in [0.29, 0.717) is 0 Å². The summed E-state index contributed by atoms with van der Waals surface area (Å²) in [6, 6.07) is 55.6. The Balaban J connectivity index is 1.48. The summed E-state index contributed by atoms with van der Waals surface area (Å²) < 4.78 is 0. The van der Waals surface area contributed by atoms with Crippen molar-refractivity contribution in [1.29, 1.82) is 0 Å². The molecule has 0 spiro atoms. The van der Waals surface area contributed by atoms with Crippen LogP contribution in [0.15, 0.2) is 160 Å². The van der Waals surface area contributed by atoms with Gasteiger partial charge in [-0.3, -0.25) is 0 Å². The number of benzene rings is 6. The Hall–Kier alpha value is -2.98. The highest BCUT2D eigenvalue weighted by molar-refractivity contribution is 7.99. The highest BCUT2D eigenvalue weighted by Crippen LogP contribution is 2.40. The van der Waals surface area contributed by atoms with Crippen molar-refractivity contribution in [3.63, 3.8) is 0 Å². The van der Waals surface area contributed by atoms with Gasteiger partial charge in [0.2, 0.25) is 0 Å². The summed E-state index contributed by atoms with van der Waals surface area (Å²) in [6.07, 6.45) is 0. The molecule has 6 aromatic rings. The first kappa shape index (κ1) is 28.5. The van der Waals surface area contributed by atoms with Crippen LogP contribution in [0.5, 0.6) is 0 Å². The zero-order chi connectivity index (χ0) is 29.3. The number of thioether (sulfide) groups is 3. The van der Waals surface area contributed by atoms with Crippen LogP contribution in [0.3, 0.4) is 0 Å². The number of hydrogen-bond donors (Lipinski definition) is 0. The minimum atomic E-state index is -1.32. The molecule has 6 aromatic carbocycles. The predicted octanol–water partition coefficient (Wildman–Crippen LogP) is 7.46. The summed E-state index contributed by atoms with van der Waals surface area (Å²) in [6.45, 7) is 0. The van der Waals surface area contributed by atoms with Gasteiger partial charge in [-0.1, -0.05) is 127 Å². The molecule has 0 N–H and O–H groups in total. The van der Waals surface area contributed by atoms with Crippen molar-refractivity contribution in [3.8, 4) is 0 Å². The summed E-state index contributed by atoms with van der Waals surface area (Å²) >= 11 is 6.05. The van der Waals surface area contributed by atoms with E-state index in [2.05, 4.69) is 146 Å². The Bertz CT molecular complexity index is 1600. The maximum Gasteiger partial charge on any atom is 0.158 e. The van der Waals surface area contributed by atoms with Crippen LogP contribution in [0.25, 0.3) is 0 Å². The van der Waals surface area contributed by atoms with Crippen LogP contribution in [-0.4, -0.2) is 8.80 Å². The predicted molar refractivity (Wildman–Crippen MR) is 198 cm³/mol. The lowest BCUT2D eigenvalue weighted by molar-refractivity contribution is 1.39. The highest BCUT2D eigenvalue weighted by atomic mass is 32.2. The summed E-state index contributed by atoms with van der Waals surface area (Å²) in [5, 5.41) is 8.96. The molecule has 44 heavy (non-hydrogen) atoms. The fraction of sp³-hybridized carbons (Fsp3) is 0.0769. The monoisotopic (exact) mass is 653 g/mol. The lowest BCUT2D eigenvalue weighted by Crippen LogP contribution is -2.54. The molecule has 0 saturated heterocycles. The summed E-state index contributed by atoms with van der Waals surface area (Å²) in [4.78, 5) is 4.24. The van der Waals surface area contributed by atoms with Crippen molar-refractivity contribution >= 4 is 83.5 Å². The first-order valence-electron chi connectivity index (χ1n) is 14.9. The van der Waals surface area contributed by atoms with Gasteiger partial charge in [-0.2, -0.15) is 0 Å². The van der Waals surface area contributed by atoms with Crippen molar-refractivity contribution in [3.05, 3.63) is 162 Å². The fourth-order valence-corrected chi connectivity index (χ4v) is 16.5. The standard InChI is InChI=1S/C39H30PS3Si/c1-4-16-31-28(13-1)25-41-34-19-7-10-22-37(34)44-38-23-11-8-20-35(38)42-26-29-14-2-5-17-32(29)40(31)33-18-6-3-15-30(33)27-43-36-21-9-12-24-39(36)44/h1-24H,25-27H2. The van der Waals surface area contributed by atoms with Gasteiger partial charge in [0.05, 0.1) is 0 Å². The van der Waals surface area contributed by atoms with Crippen molar-refractivity contribution in [2.24, 2.45) is 0 Å². The smallest absolute Gasteiger partial charge is 0.121 e. The first-order chi connectivity index (χ1) is 21.8. The van der Waals surface area contributed by atoms with Gasteiger partial charge >= 0.3 is 0 Å². The average molecular weight is 654 g/mol. The first-order valence-corrected chi connectivity index (χ1v) is 20.7. The Labute approximate surface area is 276 Å². The molecule has 2 bridgehead atoms. The van der Waals surface area contributed by atoms with Crippen molar-refractivity contribution in [2.45, 2.75) is 31.9 Å². The third-order valence-corrected chi connectivity index (χ3v) is 17.9. The molecule has 0 saturated carbocycles. The molecule has 0 aromatic heterocycles. The van der Waals surface area contributed by atoms with Crippen LogP contribution in [0, 0.1) is 0 Å². The van der Waals surface area contributed by atoms with Gasteiger partial charge in [-0.25, -0.2) is 0 Å². The second-order valence-electron chi connectivity index (χ2n) is 11.0. The van der Waals surface area contributed by atoms with Gasteiger partial charge in [0.15, 0.2) is 8.80 Å². The van der Waals surface area contributed by atoms with Crippen molar-refractivity contribution in [2.75, 3.05) is 0 Å². The normalized spacial score (nSPS) is 15.0. The zero-order valence-corrected chi connectivity index (χ0v) is 28.5. The van der Waals surface area contributed by atoms with E-state index in [4.69, 9.17) is 0 Å². The van der Waals surface area contributed by atoms with E-state index in [1.54, 1.807) is 0 Å². The maximum absolute atomic E-state index is 2.42. The topological polar surface area (TPSA) is 0 Å². The SMILES string of the molecule is c1ccc2c(c1)CSc1ccccc1[Si]1c3ccccc3SCc3ccccc3P2c2ccccc2CSc2ccccc21. The molecule has 0 nitrogen and oxygen atoms in total. The Morgan fingerprint density at radius 2 is 0.659 bits per heavy atom. The van der Waals surface area contributed by atoms with Crippen molar-refractivity contribution < 1.29 is 0 Å². The second kappa shape index (κ2) is 12.8. The van der Waals surface area contributed by atoms with Crippen molar-refractivity contribution in [1.82, 2.24) is 0 Å². The molecule has 0 unspecified atom stereocenters. The fourth-order valence-electron chi connectivity index (χ4n) is 6.24. The largest absolute Gasteiger partial charge is 0.158 e. The molecule has 5 heteroatoms. The van der Waals surface area contributed by atoms with E-state index in [-0.39, 0.29) is 0 Å². The average Bonchev–Trinajstić information content (AvgIpc) is 3.08. The Morgan fingerprint density at radius 1 is 0.364 bits per heavy atom. The van der Waals surface area contributed by atoms with Crippen LogP contribution in [0.2, 0.25) is 0 Å². The molecular weight excluding hydrogens is 624 g/mol. The van der Waals surface area contributed by atoms with Gasteiger partial charge < -0.3 is 0 Å². The molecule has 3 heterocycles. The molecular formula is C39H30PS3Si. The van der Waals surface area contributed by atoms with Gasteiger partial charge in [0.25, 0.3) is 0 Å². The van der Waals surface area contributed by atoms with E-state index in [1.807, 2.05) is 35.3 Å². The zero-order valence-electron chi connectivity index (χ0n) is 24.1. The molecule has 3 aliphatic heterocycles. The van der Waals surface area contributed by atoms with Crippen LogP contribution in [0.4, 0.5) is 0 Å². The second-order valence-corrected chi connectivity index (χ2v) is 18.5. The highest BCUT2D eigenvalue weighted by Gasteiger charge is 2.30. The number of rotatable bonds is 0. The lowest BCUT2D eigenvalue weighted by atomic mass is 10.2. The van der Waals surface area contributed by atoms with E-state index in [9.17, 15) is 0 Å². The van der Waals surface area contributed by atoms with Gasteiger partial charge in [-0.05, 0) is 74.3 Å². The quantitative estimate of drug-likeness (QED) is 0.123. The van der Waals surface area contributed by atoms with E-state index >= 15 is 0 Å². The minimum absolute atomic E-state index is 0.767.